The van der Waals surface area contributed by atoms with Crippen LogP contribution in [-0.2, 0) is 0 Å². The lowest BCUT2D eigenvalue weighted by Crippen LogP contribution is -2.29. The Kier molecular flexibility index (Phi) is 4.34. The summed E-state index contributed by atoms with van der Waals surface area (Å²) in [5.41, 5.74) is 0.823. The van der Waals surface area contributed by atoms with Crippen LogP contribution in [0.2, 0.25) is 0 Å². The monoisotopic (exact) mass is 275 g/mol. The maximum atomic E-state index is 10.9. The third-order valence-electron chi connectivity index (χ3n) is 3.23. The Morgan fingerprint density at radius 1 is 1.15 bits per heavy atom. The van der Waals surface area contributed by atoms with Crippen molar-refractivity contribution >= 4 is 16.7 Å². The molecule has 0 spiro atoms. The summed E-state index contributed by atoms with van der Waals surface area (Å²) >= 11 is 0. The van der Waals surface area contributed by atoms with Gasteiger partial charge in [-0.25, -0.2) is 4.79 Å². The van der Waals surface area contributed by atoms with Crippen molar-refractivity contribution in [3.05, 3.63) is 47.5 Å². The van der Waals surface area contributed by atoms with E-state index in [1.165, 1.54) is 6.07 Å². The summed E-state index contributed by atoms with van der Waals surface area (Å²) in [6, 6.07) is 9.98. The molecule has 5 heteroatoms. The van der Waals surface area contributed by atoms with Crippen LogP contribution in [0.15, 0.2) is 36.4 Å². The Morgan fingerprint density at radius 2 is 1.80 bits per heavy atom. The number of hydrogen-bond acceptors (Lipinski definition) is 4. The molecule has 2 aromatic carbocycles. The molecule has 5 nitrogen and oxygen atoms in total. The molecule has 2 unspecified atom stereocenters. The smallest absolute Gasteiger partial charge is 0.335 e. The molecule has 2 atom stereocenters. The van der Waals surface area contributed by atoms with E-state index in [0.717, 1.165) is 10.8 Å². The SMILES string of the molecule is CNCC(O)C(O)c1ccc2cc(C(=O)O)ccc2c1. The van der Waals surface area contributed by atoms with E-state index in [1.54, 1.807) is 37.4 Å². The van der Waals surface area contributed by atoms with Crippen LogP contribution >= 0.6 is 0 Å². The lowest BCUT2D eigenvalue weighted by molar-refractivity contribution is 0.0203. The number of benzene rings is 2. The number of fused-ring (bicyclic) bond motifs is 1. The predicted octanol–water partition coefficient (Wildman–Crippen LogP) is 1.15. The fourth-order valence-electron chi connectivity index (χ4n) is 2.12. The Morgan fingerprint density at radius 3 is 2.45 bits per heavy atom. The number of rotatable bonds is 5. The molecule has 0 radical (unpaired) electrons. The number of aliphatic hydroxyl groups is 2. The van der Waals surface area contributed by atoms with Gasteiger partial charge in [0.25, 0.3) is 0 Å². The van der Waals surface area contributed by atoms with E-state index in [2.05, 4.69) is 5.32 Å². The van der Waals surface area contributed by atoms with Crippen LogP contribution in [0.25, 0.3) is 10.8 Å². The molecule has 0 aliphatic heterocycles. The summed E-state index contributed by atoms with van der Waals surface area (Å²) in [7, 11) is 1.70. The normalized spacial score (nSPS) is 14.2. The average Bonchev–Trinajstić information content (AvgIpc) is 2.45. The van der Waals surface area contributed by atoms with Crippen molar-refractivity contribution in [2.24, 2.45) is 0 Å². The minimum Gasteiger partial charge on any atom is -0.478 e. The molecule has 0 aliphatic rings. The first-order chi connectivity index (χ1) is 9.52. The lowest BCUT2D eigenvalue weighted by atomic mass is 9.99. The fourth-order valence-corrected chi connectivity index (χ4v) is 2.12. The van der Waals surface area contributed by atoms with Gasteiger partial charge in [0.2, 0.25) is 0 Å². The molecule has 2 rings (SSSR count). The molecule has 0 aliphatic carbocycles. The summed E-state index contributed by atoms with van der Waals surface area (Å²) in [6.07, 6.45) is -1.87. The lowest BCUT2D eigenvalue weighted by Gasteiger charge is -2.18. The molecule has 0 amide bonds. The second-order valence-electron chi connectivity index (χ2n) is 4.70. The van der Waals surface area contributed by atoms with Gasteiger partial charge in [0.1, 0.15) is 6.10 Å². The zero-order valence-corrected chi connectivity index (χ0v) is 11.1. The van der Waals surface area contributed by atoms with Gasteiger partial charge in [-0.15, -0.1) is 0 Å². The first-order valence-electron chi connectivity index (χ1n) is 6.30. The second kappa shape index (κ2) is 6.00. The Bertz CT molecular complexity index is 626. The molecule has 0 bridgehead atoms. The van der Waals surface area contributed by atoms with Gasteiger partial charge >= 0.3 is 5.97 Å². The van der Waals surface area contributed by atoms with Crippen LogP contribution in [0.1, 0.15) is 22.0 Å². The summed E-state index contributed by atoms with van der Waals surface area (Å²) in [6.45, 7) is 0.289. The van der Waals surface area contributed by atoms with Gasteiger partial charge in [-0.2, -0.15) is 0 Å². The summed E-state index contributed by atoms with van der Waals surface area (Å²) < 4.78 is 0. The van der Waals surface area contributed by atoms with E-state index >= 15 is 0 Å². The zero-order valence-electron chi connectivity index (χ0n) is 11.1. The highest BCUT2D eigenvalue weighted by atomic mass is 16.4. The first kappa shape index (κ1) is 14.5. The molecule has 106 valence electrons. The van der Waals surface area contributed by atoms with Crippen LogP contribution in [0.3, 0.4) is 0 Å². The molecule has 20 heavy (non-hydrogen) atoms. The number of hydrogen-bond donors (Lipinski definition) is 4. The van der Waals surface area contributed by atoms with Gasteiger partial charge in [0, 0.05) is 6.54 Å². The maximum absolute atomic E-state index is 10.9. The second-order valence-corrected chi connectivity index (χ2v) is 4.70. The van der Waals surface area contributed by atoms with Gasteiger partial charge in [-0.1, -0.05) is 18.2 Å². The molecule has 0 heterocycles. The zero-order chi connectivity index (χ0) is 14.7. The molecule has 0 fully saturated rings. The molecule has 4 N–H and O–H groups in total. The number of aromatic carboxylic acids is 1. The molecule has 0 saturated heterocycles. The molecule has 0 aromatic heterocycles. The highest BCUT2D eigenvalue weighted by molar-refractivity contribution is 5.94. The standard InChI is InChI=1S/C15H17NO4/c1-16-8-13(17)14(18)11-4-2-10-7-12(15(19)20)5-3-9(10)6-11/h2-7,13-14,16-18H,8H2,1H3,(H,19,20). The highest BCUT2D eigenvalue weighted by Gasteiger charge is 2.17. The van der Waals surface area contributed by atoms with Gasteiger partial charge < -0.3 is 20.6 Å². The van der Waals surface area contributed by atoms with Crippen molar-refractivity contribution in [3.63, 3.8) is 0 Å². The first-order valence-corrected chi connectivity index (χ1v) is 6.30. The van der Waals surface area contributed by atoms with Crippen molar-refractivity contribution in [3.8, 4) is 0 Å². The predicted molar refractivity (Wildman–Crippen MR) is 75.8 cm³/mol. The Hall–Kier alpha value is -1.95. The number of nitrogens with one attached hydrogen (secondary N) is 1. The average molecular weight is 275 g/mol. The Balaban J connectivity index is 2.34. The fraction of sp³-hybridized carbons (Fsp3) is 0.267. The van der Waals surface area contributed by atoms with Crippen LogP contribution in [0.4, 0.5) is 0 Å². The highest BCUT2D eigenvalue weighted by Crippen LogP contribution is 2.23. The third kappa shape index (κ3) is 2.96. The van der Waals surface area contributed by atoms with E-state index in [9.17, 15) is 15.0 Å². The molecule has 2 aromatic rings. The minimum absolute atomic E-state index is 0.223. The van der Waals surface area contributed by atoms with E-state index in [-0.39, 0.29) is 12.1 Å². The van der Waals surface area contributed by atoms with Crippen molar-refractivity contribution < 1.29 is 20.1 Å². The Labute approximate surface area is 116 Å². The number of carbonyl (C=O) groups is 1. The van der Waals surface area contributed by atoms with Crippen molar-refractivity contribution in [2.45, 2.75) is 12.2 Å². The summed E-state index contributed by atoms with van der Waals surface area (Å²) in [5.74, 6) is -0.972. The van der Waals surface area contributed by atoms with Gasteiger partial charge in [0.05, 0.1) is 11.7 Å². The van der Waals surface area contributed by atoms with Crippen molar-refractivity contribution in [1.82, 2.24) is 5.32 Å². The van der Waals surface area contributed by atoms with Crippen LogP contribution in [0, 0.1) is 0 Å². The van der Waals surface area contributed by atoms with Gasteiger partial charge in [0.15, 0.2) is 0 Å². The third-order valence-corrected chi connectivity index (χ3v) is 3.23. The molecular formula is C15H17NO4. The van der Waals surface area contributed by atoms with Gasteiger partial charge in [-0.3, -0.25) is 0 Å². The number of carboxylic acid groups (broad SMARTS) is 1. The van der Waals surface area contributed by atoms with E-state index < -0.39 is 18.2 Å². The number of carboxylic acids is 1. The van der Waals surface area contributed by atoms with E-state index in [1.807, 2.05) is 0 Å². The molecule has 0 saturated carbocycles. The topological polar surface area (TPSA) is 89.8 Å². The molecular weight excluding hydrogens is 258 g/mol. The number of likely N-dealkylation sites (N-methyl/N-ethyl adjacent to an activating group) is 1. The van der Waals surface area contributed by atoms with Crippen LogP contribution < -0.4 is 5.32 Å². The summed E-state index contributed by atoms with van der Waals surface area (Å²) in [5, 5.41) is 33.2. The summed E-state index contributed by atoms with van der Waals surface area (Å²) in [4.78, 5) is 10.9. The van der Waals surface area contributed by atoms with Gasteiger partial charge in [-0.05, 0) is 41.6 Å². The van der Waals surface area contributed by atoms with E-state index in [4.69, 9.17) is 5.11 Å². The van der Waals surface area contributed by atoms with Crippen molar-refractivity contribution in [2.75, 3.05) is 13.6 Å². The number of aliphatic hydroxyl groups excluding tert-OH is 2. The largest absolute Gasteiger partial charge is 0.478 e. The van der Waals surface area contributed by atoms with E-state index in [0.29, 0.717) is 5.56 Å². The quantitative estimate of drug-likeness (QED) is 0.657. The van der Waals surface area contributed by atoms with Crippen molar-refractivity contribution in [1.29, 1.82) is 0 Å². The van der Waals surface area contributed by atoms with Crippen LogP contribution in [-0.4, -0.2) is 41.0 Å². The van der Waals surface area contributed by atoms with Crippen LogP contribution in [0.5, 0.6) is 0 Å². The minimum atomic E-state index is -0.981. The maximum Gasteiger partial charge on any atom is 0.335 e.